The van der Waals surface area contributed by atoms with Gasteiger partial charge in [0.2, 0.25) is 0 Å². The predicted molar refractivity (Wildman–Crippen MR) is 75.9 cm³/mol. The van der Waals surface area contributed by atoms with E-state index in [1.165, 1.54) is 5.56 Å². The number of aromatic nitrogens is 1. The standard InChI is InChI=1S/C15H17ClN2/c1-3-18-15(12-5-4-8-17-10-12)13-7-6-11(2)9-14(13)16/h4-10,15,18H,3H2,1-2H3. The average molecular weight is 261 g/mol. The third-order valence-corrected chi connectivity index (χ3v) is 3.22. The summed E-state index contributed by atoms with van der Waals surface area (Å²) in [5.41, 5.74) is 3.40. The van der Waals surface area contributed by atoms with Crippen LogP contribution in [0.5, 0.6) is 0 Å². The number of halogens is 1. The molecule has 0 radical (unpaired) electrons. The Hall–Kier alpha value is -1.38. The van der Waals surface area contributed by atoms with Gasteiger partial charge in [0.05, 0.1) is 6.04 Å². The smallest absolute Gasteiger partial charge is 0.0606 e. The van der Waals surface area contributed by atoms with Gasteiger partial charge in [-0.1, -0.05) is 36.7 Å². The van der Waals surface area contributed by atoms with Gasteiger partial charge in [-0.2, -0.15) is 0 Å². The lowest BCUT2D eigenvalue weighted by atomic mass is 9.99. The van der Waals surface area contributed by atoms with E-state index in [1.54, 1.807) is 6.20 Å². The number of rotatable bonds is 4. The van der Waals surface area contributed by atoms with Crippen molar-refractivity contribution < 1.29 is 0 Å². The minimum atomic E-state index is 0.0943. The zero-order chi connectivity index (χ0) is 13.0. The van der Waals surface area contributed by atoms with Gasteiger partial charge in [0.15, 0.2) is 0 Å². The van der Waals surface area contributed by atoms with Crippen LogP contribution in [0, 0.1) is 6.92 Å². The fraction of sp³-hybridized carbons (Fsp3) is 0.267. The summed E-state index contributed by atoms with van der Waals surface area (Å²) in [6.45, 7) is 5.01. The second-order valence-corrected chi connectivity index (χ2v) is 4.71. The van der Waals surface area contributed by atoms with Crippen LogP contribution in [-0.4, -0.2) is 11.5 Å². The summed E-state index contributed by atoms with van der Waals surface area (Å²) in [4.78, 5) is 4.18. The van der Waals surface area contributed by atoms with Crippen LogP contribution < -0.4 is 5.32 Å². The molecule has 0 amide bonds. The van der Waals surface area contributed by atoms with Crippen LogP contribution in [0.25, 0.3) is 0 Å². The molecule has 0 fully saturated rings. The van der Waals surface area contributed by atoms with Gasteiger partial charge in [-0.15, -0.1) is 0 Å². The van der Waals surface area contributed by atoms with Crippen molar-refractivity contribution in [2.75, 3.05) is 6.54 Å². The van der Waals surface area contributed by atoms with Crippen LogP contribution in [0.1, 0.15) is 29.7 Å². The summed E-state index contributed by atoms with van der Waals surface area (Å²) in [7, 11) is 0. The highest BCUT2D eigenvalue weighted by molar-refractivity contribution is 6.31. The van der Waals surface area contributed by atoms with E-state index >= 15 is 0 Å². The fourth-order valence-corrected chi connectivity index (χ4v) is 2.37. The molecular formula is C15H17ClN2. The molecule has 0 aliphatic rings. The molecule has 18 heavy (non-hydrogen) atoms. The quantitative estimate of drug-likeness (QED) is 0.906. The van der Waals surface area contributed by atoms with Gasteiger partial charge in [-0.05, 0) is 42.3 Å². The SMILES string of the molecule is CCNC(c1cccnc1)c1ccc(C)cc1Cl. The zero-order valence-electron chi connectivity index (χ0n) is 10.7. The van der Waals surface area contributed by atoms with Crippen molar-refractivity contribution in [2.24, 2.45) is 0 Å². The van der Waals surface area contributed by atoms with Crippen molar-refractivity contribution in [3.8, 4) is 0 Å². The van der Waals surface area contributed by atoms with Crippen molar-refractivity contribution in [3.63, 3.8) is 0 Å². The number of hydrogen-bond acceptors (Lipinski definition) is 2. The molecule has 2 aromatic rings. The van der Waals surface area contributed by atoms with E-state index in [4.69, 9.17) is 11.6 Å². The van der Waals surface area contributed by atoms with Crippen molar-refractivity contribution in [2.45, 2.75) is 19.9 Å². The predicted octanol–water partition coefficient (Wildman–Crippen LogP) is 3.74. The second-order valence-electron chi connectivity index (χ2n) is 4.30. The molecule has 1 atom stereocenters. The number of pyridine rings is 1. The highest BCUT2D eigenvalue weighted by atomic mass is 35.5. The van der Waals surface area contributed by atoms with Gasteiger partial charge in [0.25, 0.3) is 0 Å². The Bertz CT molecular complexity index is 511. The monoisotopic (exact) mass is 260 g/mol. The maximum Gasteiger partial charge on any atom is 0.0606 e. The Balaban J connectivity index is 2.41. The number of nitrogens with one attached hydrogen (secondary N) is 1. The number of hydrogen-bond donors (Lipinski definition) is 1. The third-order valence-electron chi connectivity index (χ3n) is 2.89. The molecule has 1 heterocycles. The number of nitrogens with zero attached hydrogens (tertiary/aromatic N) is 1. The Morgan fingerprint density at radius 3 is 2.78 bits per heavy atom. The highest BCUT2D eigenvalue weighted by Gasteiger charge is 2.15. The van der Waals surface area contributed by atoms with Crippen molar-refractivity contribution in [3.05, 3.63) is 64.4 Å². The molecular weight excluding hydrogens is 244 g/mol. The van der Waals surface area contributed by atoms with E-state index in [0.717, 1.165) is 22.7 Å². The molecule has 2 nitrogen and oxygen atoms in total. The molecule has 0 bridgehead atoms. The Kier molecular flexibility index (Phi) is 4.34. The molecule has 1 unspecified atom stereocenters. The number of aryl methyl sites for hydroxylation is 1. The summed E-state index contributed by atoms with van der Waals surface area (Å²) in [6, 6.07) is 10.3. The van der Waals surface area contributed by atoms with E-state index in [0.29, 0.717) is 0 Å². The minimum Gasteiger partial charge on any atom is -0.306 e. The first-order chi connectivity index (χ1) is 8.72. The minimum absolute atomic E-state index is 0.0943. The molecule has 2 rings (SSSR count). The lowest BCUT2D eigenvalue weighted by molar-refractivity contribution is 0.628. The first-order valence-corrected chi connectivity index (χ1v) is 6.49. The van der Waals surface area contributed by atoms with Crippen LogP contribution in [0.4, 0.5) is 0 Å². The molecule has 1 aromatic heterocycles. The summed E-state index contributed by atoms with van der Waals surface area (Å²) in [5, 5.41) is 4.25. The van der Waals surface area contributed by atoms with E-state index in [2.05, 4.69) is 35.4 Å². The fourth-order valence-electron chi connectivity index (χ4n) is 2.02. The molecule has 3 heteroatoms. The number of benzene rings is 1. The van der Waals surface area contributed by atoms with Gasteiger partial charge >= 0.3 is 0 Å². The maximum absolute atomic E-state index is 6.35. The van der Waals surface area contributed by atoms with Crippen molar-refractivity contribution >= 4 is 11.6 Å². The molecule has 94 valence electrons. The molecule has 0 saturated carbocycles. The van der Waals surface area contributed by atoms with Gasteiger partial charge in [-0.25, -0.2) is 0 Å². The van der Waals surface area contributed by atoms with E-state index in [9.17, 15) is 0 Å². The van der Waals surface area contributed by atoms with Gasteiger partial charge in [0, 0.05) is 17.4 Å². The van der Waals surface area contributed by atoms with Gasteiger partial charge < -0.3 is 5.32 Å². The third kappa shape index (κ3) is 2.89. The Labute approximate surface area is 113 Å². The van der Waals surface area contributed by atoms with E-state index in [1.807, 2.05) is 25.3 Å². The van der Waals surface area contributed by atoms with Crippen LogP contribution in [0.2, 0.25) is 5.02 Å². The largest absolute Gasteiger partial charge is 0.306 e. The van der Waals surface area contributed by atoms with Crippen LogP contribution in [0.3, 0.4) is 0 Å². The summed E-state index contributed by atoms with van der Waals surface area (Å²) >= 11 is 6.35. The Morgan fingerprint density at radius 2 is 2.17 bits per heavy atom. The van der Waals surface area contributed by atoms with Crippen molar-refractivity contribution in [1.82, 2.24) is 10.3 Å². The van der Waals surface area contributed by atoms with Crippen LogP contribution >= 0.6 is 11.6 Å². The molecule has 0 saturated heterocycles. The molecule has 1 N–H and O–H groups in total. The molecule has 0 aliphatic carbocycles. The second kappa shape index (κ2) is 5.98. The first-order valence-electron chi connectivity index (χ1n) is 6.11. The van der Waals surface area contributed by atoms with E-state index < -0.39 is 0 Å². The van der Waals surface area contributed by atoms with Gasteiger partial charge in [0.1, 0.15) is 0 Å². The normalized spacial score (nSPS) is 12.4. The van der Waals surface area contributed by atoms with Crippen molar-refractivity contribution in [1.29, 1.82) is 0 Å². The lowest BCUT2D eigenvalue weighted by Gasteiger charge is -2.20. The van der Waals surface area contributed by atoms with Crippen LogP contribution in [0.15, 0.2) is 42.7 Å². The van der Waals surface area contributed by atoms with Crippen LogP contribution in [-0.2, 0) is 0 Å². The molecule has 0 spiro atoms. The topological polar surface area (TPSA) is 24.9 Å². The molecule has 1 aromatic carbocycles. The maximum atomic E-state index is 6.35. The summed E-state index contributed by atoms with van der Waals surface area (Å²) in [6.07, 6.45) is 3.66. The van der Waals surface area contributed by atoms with E-state index in [-0.39, 0.29) is 6.04 Å². The summed E-state index contributed by atoms with van der Waals surface area (Å²) in [5.74, 6) is 0. The first kappa shape index (κ1) is 13.1. The summed E-state index contributed by atoms with van der Waals surface area (Å²) < 4.78 is 0. The zero-order valence-corrected chi connectivity index (χ0v) is 11.4. The molecule has 0 aliphatic heterocycles. The Morgan fingerprint density at radius 1 is 1.33 bits per heavy atom. The van der Waals surface area contributed by atoms with Gasteiger partial charge in [-0.3, -0.25) is 4.98 Å². The average Bonchev–Trinajstić information content (AvgIpc) is 2.38. The highest BCUT2D eigenvalue weighted by Crippen LogP contribution is 2.28. The lowest BCUT2D eigenvalue weighted by Crippen LogP contribution is -2.22.